The quantitative estimate of drug-likeness (QED) is 0.785. The van der Waals surface area contributed by atoms with Crippen LogP contribution in [0.5, 0.6) is 0 Å². The topological polar surface area (TPSA) is 101 Å². The first-order valence-electron chi connectivity index (χ1n) is 7.03. The number of hydrogen-bond donors (Lipinski definition) is 3. The lowest BCUT2D eigenvalue weighted by Crippen LogP contribution is -2.40. The molecule has 114 valence electrons. The fourth-order valence-corrected chi connectivity index (χ4v) is 2.41. The van der Waals surface area contributed by atoms with Crippen LogP contribution < -0.4 is 16.8 Å². The second-order valence-electron chi connectivity index (χ2n) is 5.94. The lowest BCUT2D eigenvalue weighted by Gasteiger charge is -2.21. The number of nitrogens with two attached hydrogens (primary N) is 2. The van der Waals surface area contributed by atoms with Gasteiger partial charge in [-0.2, -0.15) is 0 Å². The molecule has 0 aromatic heterocycles. The molecule has 1 aromatic rings. The van der Waals surface area contributed by atoms with Gasteiger partial charge in [0.2, 0.25) is 5.91 Å². The first-order valence-corrected chi connectivity index (χ1v) is 7.03. The molecular weight excluding hydrogens is 268 g/mol. The molecule has 1 aliphatic rings. The van der Waals surface area contributed by atoms with Crippen molar-refractivity contribution in [1.29, 1.82) is 0 Å². The summed E-state index contributed by atoms with van der Waals surface area (Å²) in [5.74, 6) is -0.362. The number of anilines is 1. The van der Waals surface area contributed by atoms with Gasteiger partial charge in [0, 0.05) is 24.8 Å². The fourth-order valence-electron chi connectivity index (χ4n) is 2.41. The molecule has 0 radical (unpaired) electrons. The number of urea groups is 1. The van der Waals surface area contributed by atoms with Crippen LogP contribution in [0.4, 0.5) is 10.5 Å². The SMILES string of the molecule is CC(N)c1ccc(NC(=O)N2CCC(C)(C(N)=O)C2)cc1. The van der Waals surface area contributed by atoms with Crippen molar-refractivity contribution in [2.24, 2.45) is 16.9 Å². The predicted octanol–water partition coefficient (Wildman–Crippen LogP) is 1.44. The molecule has 1 fully saturated rings. The maximum absolute atomic E-state index is 12.2. The summed E-state index contributed by atoms with van der Waals surface area (Å²) < 4.78 is 0. The zero-order valence-electron chi connectivity index (χ0n) is 12.4. The van der Waals surface area contributed by atoms with Gasteiger partial charge in [-0.15, -0.1) is 0 Å². The molecule has 2 rings (SSSR count). The van der Waals surface area contributed by atoms with Crippen molar-refractivity contribution in [2.45, 2.75) is 26.3 Å². The summed E-state index contributed by atoms with van der Waals surface area (Å²) in [6.07, 6.45) is 0.597. The average molecular weight is 290 g/mol. The van der Waals surface area contributed by atoms with E-state index < -0.39 is 5.41 Å². The molecule has 1 saturated heterocycles. The first-order chi connectivity index (χ1) is 9.82. The predicted molar refractivity (Wildman–Crippen MR) is 81.6 cm³/mol. The molecule has 1 aliphatic heterocycles. The van der Waals surface area contributed by atoms with Crippen LogP contribution in [0, 0.1) is 5.41 Å². The summed E-state index contributed by atoms with van der Waals surface area (Å²) in [4.78, 5) is 25.2. The number of likely N-dealkylation sites (tertiary alicyclic amines) is 1. The minimum atomic E-state index is -0.629. The van der Waals surface area contributed by atoms with Crippen LogP contribution in [-0.2, 0) is 4.79 Å². The van der Waals surface area contributed by atoms with Crippen LogP contribution in [0.15, 0.2) is 24.3 Å². The van der Waals surface area contributed by atoms with E-state index in [1.807, 2.05) is 31.2 Å². The number of primary amides is 1. The molecule has 0 saturated carbocycles. The van der Waals surface area contributed by atoms with Gasteiger partial charge in [-0.1, -0.05) is 12.1 Å². The van der Waals surface area contributed by atoms with E-state index in [1.54, 1.807) is 11.8 Å². The molecule has 3 amide bonds. The second-order valence-corrected chi connectivity index (χ2v) is 5.94. The Bertz CT molecular complexity index is 541. The van der Waals surface area contributed by atoms with Crippen molar-refractivity contribution >= 4 is 17.6 Å². The Balaban J connectivity index is 1.98. The highest BCUT2D eigenvalue weighted by atomic mass is 16.2. The summed E-state index contributed by atoms with van der Waals surface area (Å²) in [7, 11) is 0. The summed E-state index contributed by atoms with van der Waals surface area (Å²) in [6, 6.07) is 7.16. The van der Waals surface area contributed by atoms with Crippen LogP contribution >= 0.6 is 0 Å². The van der Waals surface area contributed by atoms with Crippen molar-refractivity contribution < 1.29 is 9.59 Å². The Labute approximate surface area is 124 Å². The minimum Gasteiger partial charge on any atom is -0.369 e. The highest BCUT2D eigenvalue weighted by Crippen LogP contribution is 2.29. The summed E-state index contributed by atoms with van der Waals surface area (Å²) in [5.41, 5.74) is 12.3. The largest absolute Gasteiger partial charge is 0.369 e. The minimum absolute atomic E-state index is 0.0374. The molecule has 6 heteroatoms. The van der Waals surface area contributed by atoms with E-state index in [0.29, 0.717) is 25.2 Å². The van der Waals surface area contributed by atoms with E-state index in [2.05, 4.69) is 5.32 Å². The standard InChI is InChI=1S/C15H22N4O2/c1-10(16)11-3-5-12(6-4-11)18-14(21)19-8-7-15(2,9-19)13(17)20/h3-6,10H,7-9,16H2,1-2H3,(H2,17,20)(H,18,21). The van der Waals surface area contributed by atoms with Crippen molar-refractivity contribution in [3.63, 3.8) is 0 Å². The molecule has 0 aliphatic carbocycles. The summed E-state index contributed by atoms with van der Waals surface area (Å²) in [5, 5.41) is 2.82. The van der Waals surface area contributed by atoms with Gasteiger partial charge in [0.25, 0.3) is 0 Å². The number of carbonyl (C=O) groups is 2. The molecular formula is C15H22N4O2. The van der Waals surface area contributed by atoms with Gasteiger partial charge in [0.1, 0.15) is 0 Å². The summed E-state index contributed by atoms with van der Waals surface area (Å²) in [6.45, 7) is 4.58. The van der Waals surface area contributed by atoms with Crippen LogP contribution in [0.3, 0.4) is 0 Å². The Morgan fingerprint density at radius 1 is 1.33 bits per heavy atom. The zero-order valence-corrected chi connectivity index (χ0v) is 12.4. The molecule has 0 bridgehead atoms. The molecule has 6 nitrogen and oxygen atoms in total. The van der Waals surface area contributed by atoms with Crippen molar-refractivity contribution in [3.05, 3.63) is 29.8 Å². The Morgan fingerprint density at radius 3 is 2.43 bits per heavy atom. The first kappa shape index (κ1) is 15.3. The monoisotopic (exact) mass is 290 g/mol. The molecule has 0 spiro atoms. The van der Waals surface area contributed by atoms with Crippen LogP contribution in [0.25, 0.3) is 0 Å². The van der Waals surface area contributed by atoms with Gasteiger partial charge in [-0.3, -0.25) is 4.79 Å². The number of rotatable bonds is 3. The maximum Gasteiger partial charge on any atom is 0.321 e. The molecule has 2 atom stereocenters. The molecule has 21 heavy (non-hydrogen) atoms. The molecule has 1 aromatic carbocycles. The fraction of sp³-hybridized carbons (Fsp3) is 0.467. The van der Waals surface area contributed by atoms with E-state index in [4.69, 9.17) is 11.5 Å². The van der Waals surface area contributed by atoms with Gasteiger partial charge in [-0.25, -0.2) is 4.79 Å². The van der Waals surface area contributed by atoms with Gasteiger partial charge < -0.3 is 21.7 Å². The second kappa shape index (κ2) is 5.73. The van der Waals surface area contributed by atoms with Crippen LogP contribution in [-0.4, -0.2) is 29.9 Å². The van der Waals surface area contributed by atoms with E-state index in [-0.39, 0.29) is 18.0 Å². The van der Waals surface area contributed by atoms with Crippen LogP contribution in [0.2, 0.25) is 0 Å². The van der Waals surface area contributed by atoms with Gasteiger partial charge in [0.15, 0.2) is 0 Å². The molecule has 1 heterocycles. The van der Waals surface area contributed by atoms with Gasteiger partial charge in [-0.05, 0) is 38.0 Å². The highest BCUT2D eigenvalue weighted by Gasteiger charge is 2.40. The van der Waals surface area contributed by atoms with Crippen molar-refractivity contribution in [2.75, 3.05) is 18.4 Å². The van der Waals surface area contributed by atoms with E-state index >= 15 is 0 Å². The van der Waals surface area contributed by atoms with Crippen LogP contribution in [0.1, 0.15) is 31.9 Å². The van der Waals surface area contributed by atoms with Crippen molar-refractivity contribution in [1.82, 2.24) is 4.90 Å². The van der Waals surface area contributed by atoms with E-state index in [1.165, 1.54) is 0 Å². The third-order valence-electron chi connectivity index (χ3n) is 4.04. The average Bonchev–Trinajstić information content (AvgIpc) is 2.83. The maximum atomic E-state index is 12.2. The smallest absolute Gasteiger partial charge is 0.321 e. The van der Waals surface area contributed by atoms with Gasteiger partial charge in [0.05, 0.1) is 5.41 Å². The lowest BCUT2D eigenvalue weighted by molar-refractivity contribution is -0.126. The number of nitrogens with one attached hydrogen (secondary N) is 1. The number of hydrogen-bond acceptors (Lipinski definition) is 3. The number of nitrogens with zero attached hydrogens (tertiary/aromatic N) is 1. The number of carbonyl (C=O) groups excluding carboxylic acids is 2. The lowest BCUT2D eigenvalue weighted by atomic mass is 9.89. The van der Waals surface area contributed by atoms with Gasteiger partial charge >= 0.3 is 6.03 Å². The molecule has 5 N–H and O–H groups in total. The zero-order chi connectivity index (χ0) is 15.6. The number of benzene rings is 1. The molecule has 2 unspecified atom stereocenters. The Hall–Kier alpha value is -2.08. The Kier molecular flexibility index (Phi) is 4.18. The summed E-state index contributed by atoms with van der Waals surface area (Å²) >= 11 is 0. The highest BCUT2D eigenvalue weighted by molar-refractivity contribution is 5.91. The third kappa shape index (κ3) is 3.33. The van der Waals surface area contributed by atoms with E-state index in [9.17, 15) is 9.59 Å². The van der Waals surface area contributed by atoms with E-state index in [0.717, 1.165) is 5.56 Å². The third-order valence-corrected chi connectivity index (χ3v) is 4.04. The number of amides is 3. The normalized spacial score (nSPS) is 22.9. The Morgan fingerprint density at radius 2 is 1.95 bits per heavy atom. The van der Waals surface area contributed by atoms with Crippen molar-refractivity contribution in [3.8, 4) is 0 Å².